The number of alkyl halides is 2. The Bertz CT molecular complexity index is 848. The Morgan fingerprint density at radius 2 is 1.73 bits per heavy atom. The predicted octanol–water partition coefficient (Wildman–Crippen LogP) is 2.28. The van der Waals surface area contributed by atoms with Crippen molar-refractivity contribution < 1.29 is 23.5 Å². The van der Waals surface area contributed by atoms with E-state index in [1.165, 1.54) is 0 Å². The molecule has 0 aromatic heterocycles. The molecule has 4 rings (SSSR count). The summed E-state index contributed by atoms with van der Waals surface area (Å²) in [6.45, 7) is 3.17. The smallest absolute Gasteiger partial charge is 0.266 e. The Balaban J connectivity index is 1.54. The fraction of sp³-hybridized carbons (Fsp3) is 0.833. The highest BCUT2D eigenvalue weighted by Gasteiger charge is 2.70. The number of rotatable bonds is 5. The van der Waals surface area contributed by atoms with Gasteiger partial charge in [-0.3, -0.25) is 9.59 Å². The molecular weight excluding hydrogens is 430 g/mol. The summed E-state index contributed by atoms with van der Waals surface area (Å²) in [6, 6.07) is 0. The molecule has 186 valence electrons. The summed E-state index contributed by atoms with van der Waals surface area (Å²) in [5.74, 6) is 1.31. The molecule has 7 N–H and O–H groups in total. The maximum atomic E-state index is 15.9. The maximum Gasteiger partial charge on any atom is 0.266 e. The summed E-state index contributed by atoms with van der Waals surface area (Å²) in [6.07, 6.45) is 5.95. The van der Waals surface area contributed by atoms with Crippen LogP contribution in [0, 0.1) is 40.9 Å². The van der Waals surface area contributed by atoms with Gasteiger partial charge in [-0.2, -0.15) is 0 Å². The Kier molecular flexibility index (Phi) is 6.05. The lowest BCUT2D eigenvalue weighted by Gasteiger charge is -2.59. The molecule has 8 atom stereocenters. The average Bonchev–Trinajstić information content (AvgIpc) is 3.06. The van der Waals surface area contributed by atoms with Crippen LogP contribution in [0.15, 0.2) is 11.9 Å². The standard InChI is InChI=1S/C24H38F2N4O3/c1-22(33)8-7-14-13(9-22)3-4-15-16(14)10-24(25,26)23(2)17(15)5-6-18(23)20(31)12-30(29)11-19(27)21(28)32/h11,13-18,33H,3-10,12,27,29H2,1-2H3,(H2,28,32)/b19-11-/t13-,14+,15-,16-,17+,18-,22-,23+/m1/s1. The molecule has 1 amide bonds. The lowest BCUT2D eigenvalue weighted by Crippen LogP contribution is -2.60. The van der Waals surface area contributed by atoms with Gasteiger partial charge < -0.3 is 21.6 Å². The largest absolute Gasteiger partial charge is 0.393 e. The number of hydrazine groups is 1. The number of aliphatic hydroxyl groups is 1. The second kappa shape index (κ2) is 8.18. The highest BCUT2D eigenvalue weighted by molar-refractivity contribution is 5.91. The molecule has 0 aromatic rings. The third-order valence-electron chi connectivity index (χ3n) is 9.67. The molecule has 0 aromatic carbocycles. The third-order valence-corrected chi connectivity index (χ3v) is 9.67. The van der Waals surface area contributed by atoms with Crippen molar-refractivity contribution in [3.8, 4) is 0 Å². The van der Waals surface area contributed by atoms with Crippen molar-refractivity contribution >= 4 is 11.7 Å². The summed E-state index contributed by atoms with van der Waals surface area (Å²) in [7, 11) is 0. The number of ketones is 1. The van der Waals surface area contributed by atoms with Crippen molar-refractivity contribution in [2.24, 2.45) is 58.2 Å². The molecule has 0 radical (unpaired) electrons. The minimum absolute atomic E-state index is 0.0499. The lowest BCUT2D eigenvalue weighted by molar-refractivity contribution is -0.228. The molecule has 4 aliphatic rings. The fourth-order valence-electron chi connectivity index (χ4n) is 8.13. The van der Waals surface area contributed by atoms with Crippen molar-refractivity contribution in [2.75, 3.05) is 6.54 Å². The van der Waals surface area contributed by atoms with Crippen LogP contribution in [0.2, 0.25) is 0 Å². The van der Waals surface area contributed by atoms with Crippen molar-refractivity contribution in [3.05, 3.63) is 11.9 Å². The van der Waals surface area contributed by atoms with Gasteiger partial charge in [-0.05, 0) is 81.5 Å². The van der Waals surface area contributed by atoms with Gasteiger partial charge in [0.1, 0.15) is 5.70 Å². The molecule has 0 bridgehead atoms. The lowest BCUT2D eigenvalue weighted by atomic mass is 9.47. The molecule has 4 fully saturated rings. The quantitative estimate of drug-likeness (QED) is 0.278. The SMILES string of the molecule is C[C@@]1(O)CC[C@H]2[C@H](CC[C@@H]3[C@@H]2CC(F)(F)[C@]2(C)[C@@H](C(=O)CN(N)/C=C(\N)C(N)=O)CC[C@@H]32)C1. The summed E-state index contributed by atoms with van der Waals surface area (Å²) in [5.41, 5.74) is 8.19. The first-order valence-electron chi connectivity index (χ1n) is 12.2. The first-order valence-corrected chi connectivity index (χ1v) is 12.2. The second-order valence-electron chi connectivity index (χ2n) is 11.6. The van der Waals surface area contributed by atoms with Gasteiger partial charge in [0, 0.05) is 24.0 Å². The van der Waals surface area contributed by atoms with Gasteiger partial charge in [-0.15, -0.1) is 0 Å². The van der Waals surface area contributed by atoms with E-state index >= 15 is 8.78 Å². The Morgan fingerprint density at radius 3 is 2.39 bits per heavy atom. The summed E-state index contributed by atoms with van der Waals surface area (Å²) in [5, 5.41) is 11.5. The van der Waals surface area contributed by atoms with E-state index in [0.717, 1.165) is 30.5 Å². The number of hydrogen-bond donors (Lipinski definition) is 4. The van der Waals surface area contributed by atoms with Crippen LogP contribution in [-0.4, -0.2) is 39.9 Å². The van der Waals surface area contributed by atoms with Crippen LogP contribution in [0.3, 0.4) is 0 Å². The van der Waals surface area contributed by atoms with Crippen molar-refractivity contribution in [3.63, 3.8) is 0 Å². The summed E-state index contributed by atoms with van der Waals surface area (Å²) in [4.78, 5) is 24.3. The minimum Gasteiger partial charge on any atom is -0.393 e. The molecule has 7 nitrogen and oxygen atoms in total. The van der Waals surface area contributed by atoms with Gasteiger partial charge in [-0.1, -0.05) is 6.92 Å². The summed E-state index contributed by atoms with van der Waals surface area (Å²) >= 11 is 0. The molecule has 9 heteroatoms. The number of carbonyl (C=O) groups excluding carboxylic acids is 2. The number of nitrogens with two attached hydrogens (primary N) is 3. The predicted molar refractivity (Wildman–Crippen MR) is 119 cm³/mol. The normalized spacial score (nSPS) is 44.4. The Morgan fingerprint density at radius 1 is 1.03 bits per heavy atom. The van der Waals surface area contributed by atoms with Crippen LogP contribution in [0.25, 0.3) is 0 Å². The topological polar surface area (TPSA) is 136 Å². The first kappa shape index (κ1) is 24.4. The van der Waals surface area contributed by atoms with Crippen LogP contribution < -0.4 is 17.3 Å². The number of nitrogens with zero attached hydrogens (tertiary/aromatic N) is 1. The van der Waals surface area contributed by atoms with E-state index in [1.54, 1.807) is 6.92 Å². The molecule has 0 spiro atoms. The van der Waals surface area contributed by atoms with E-state index in [1.807, 2.05) is 6.92 Å². The van der Waals surface area contributed by atoms with Crippen LogP contribution in [0.5, 0.6) is 0 Å². The minimum atomic E-state index is -2.96. The number of hydrogen-bond acceptors (Lipinski definition) is 6. The van der Waals surface area contributed by atoms with Gasteiger partial charge in [0.2, 0.25) is 0 Å². The molecule has 0 aliphatic heterocycles. The Hall–Kier alpha value is -1.74. The highest BCUT2D eigenvalue weighted by Crippen LogP contribution is 2.69. The van der Waals surface area contributed by atoms with Gasteiger partial charge in [0.15, 0.2) is 5.78 Å². The van der Waals surface area contributed by atoms with Crippen molar-refractivity contribution in [1.82, 2.24) is 5.01 Å². The zero-order valence-corrected chi connectivity index (χ0v) is 19.6. The van der Waals surface area contributed by atoms with E-state index in [0.29, 0.717) is 31.6 Å². The Labute approximate surface area is 194 Å². The summed E-state index contributed by atoms with van der Waals surface area (Å²) < 4.78 is 31.9. The van der Waals surface area contributed by atoms with E-state index in [9.17, 15) is 14.7 Å². The molecule has 0 saturated heterocycles. The van der Waals surface area contributed by atoms with Crippen molar-refractivity contribution in [1.29, 1.82) is 0 Å². The molecule has 33 heavy (non-hydrogen) atoms. The number of fused-ring (bicyclic) bond motifs is 5. The first-order chi connectivity index (χ1) is 15.3. The fourth-order valence-corrected chi connectivity index (χ4v) is 8.13. The molecular formula is C24H38F2N4O3. The van der Waals surface area contributed by atoms with Crippen molar-refractivity contribution in [2.45, 2.75) is 76.7 Å². The van der Waals surface area contributed by atoms with Crippen LogP contribution in [-0.2, 0) is 9.59 Å². The van der Waals surface area contributed by atoms with Crippen LogP contribution >= 0.6 is 0 Å². The maximum absolute atomic E-state index is 15.9. The number of amides is 1. The van der Waals surface area contributed by atoms with E-state index < -0.39 is 28.8 Å². The number of Topliss-reactive ketones (excluding diaryl/α,β-unsaturated/α-hetero) is 1. The second-order valence-corrected chi connectivity index (χ2v) is 11.6. The number of primary amides is 1. The van der Waals surface area contributed by atoms with Gasteiger partial charge >= 0.3 is 0 Å². The highest BCUT2D eigenvalue weighted by atomic mass is 19.3. The zero-order valence-electron chi connectivity index (χ0n) is 19.6. The van der Waals surface area contributed by atoms with Crippen LogP contribution in [0.4, 0.5) is 8.78 Å². The van der Waals surface area contributed by atoms with E-state index in [2.05, 4.69) is 0 Å². The van der Waals surface area contributed by atoms with E-state index in [-0.39, 0.29) is 48.1 Å². The van der Waals surface area contributed by atoms with Gasteiger partial charge in [0.25, 0.3) is 11.8 Å². The number of carbonyl (C=O) groups is 2. The zero-order chi connectivity index (χ0) is 24.3. The third kappa shape index (κ3) is 4.05. The molecule has 4 aliphatic carbocycles. The number of halogens is 2. The monoisotopic (exact) mass is 468 g/mol. The van der Waals surface area contributed by atoms with Gasteiger partial charge in [-0.25, -0.2) is 14.6 Å². The molecule has 0 unspecified atom stereocenters. The average molecular weight is 469 g/mol. The molecule has 0 heterocycles. The van der Waals surface area contributed by atoms with E-state index in [4.69, 9.17) is 17.3 Å². The molecule has 4 saturated carbocycles. The van der Waals surface area contributed by atoms with Crippen LogP contribution in [0.1, 0.15) is 65.2 Å². The van der Waals surface area contributed by atoms with Gasteiger partial charge in [0.05, 0.1) is 12.1 Å².